The zero-order chi connectivity index (χ0) is 19.6. The number of halogens is 2. The van der Waals surface area contributed by atoms with E-state index in [1.165, 1.54) is 12.8 Å². The van der Waals surface area contributed by atoms with Gasteiger partial charge < -0.3 is 10.1 Å². The van der Waals surface area contributed by atoms with Gasteiger partial charge in [-0.15, -0.1) is 0 Å². The third kappa shape index (κ3) is 7.24. The summed E-state index contributed by atoms with van der Waals surface area (Å²) in [4.78, 5) is 12.4. The Labute approximate surface area is 182 Å². The van der Waals surface area contributed by atoms with Crippen LogP contribution in [-0.2, 0) is 0 Å². The molecule has 0 heterocycles. The van der Waals surface area contributed by atoms with E-state index in [0.29, 0.717) is 12.2 Å². The van der Waals surface area contributed by atoms with E-state index in [1.807, 2.05) is 24.3 Å². The number of rotatable bonds is 8. The Morgan fingerprint density at radius 1 is 1.07 bits per heavy atom. The van der Waals surface area contributed by atoms with Gasteiger partial charge >= 0.3 is 0 Å². The lowest BCUT2D eigenvalue weighted by Gasteiger charge is -2.12. The predicted molar refractivity (Wildman–Crippen MR) is 122 cm³/mol. The number of carbonyl (C=O) groups excluding carboxylic acids is 1. The number of hydrogen-bond donors (Lipinski definition) is 2. The average Bonchev–Trinajstić information content (AvgIpc) is 2.64. The smallest absolute Gasteiger partial charge is 0.257 e. The third-order valence-electron chi connectivity index (χ3n) is 3.80. The molecule has 2 rings (SSSR count). The molecular weight excluding hydrogens is 492 g/mol. The molecule has 0 spiro atoms. The molecule has 0 atom stereocenters. The molecule has 0 saturated heterocycles. The highest BCUT2D eigenvalue weighted by molar-refractivity contribution is 9.11. The molecule has 2 aromatic carbocycles. The van der Waals surface area contributed by atoms with Crippen molar-refractivity contribution in [1.82, 2.24) is 5.32 Å². The molecule has 1 amide bonds. The van der Waals surface area contributed by atoms with Gasteiger partial charge in [0.2, 0.25) is 0 Å². The van der Waals surface area contributed by atoms with E-state index in [1.54, 1.807) is 18.2 Å². The van der Waals surface area contributed by atoms with Crippen molar-refractivity contribution >= 4 is 60.8 Å². The number of ether oxygens (including phenoxy) is 1. The highest BCUT2D eigenvalue weighted by Gasteiger charge is 2.11. The molecule has 0 aromatic heterocycles. The summed E-state index contributed by atoms with van der Waals surface area (Å²) in [6.07, 6.45) is 4.61. The number of unbranched alkanes of at least 4 members (excludes halogenated alkanes) is 3. The Balaban J connectivity index is 1.89. The predicted octanol–water partition coefficient (Wildman–Crippen LogP) is 6.30. The van der Waals surface area contributed by atoms with Crippen LogP contribution in [-0.4, -0.2) is 17.6 Å². The first-order valence-corrected chi connectivity index (χ1v) is 10.8. The van der Waals surface area contributed by atoms with E-state index in [-0.39, 0.29) is 11.0 Å². The first-order chi connectivity index (χ1) is 13.0. The average molecular weight is 514 g/mol. The van der Waals surface area contributed by atoms with E-state index in [4.69, 9.17) is 17.0 Å². The Morgan fingerprint density at radius 3 is 2.56 bits per heavy atom. The molecule has 0 aliphatic rings. The van der Waals surface area contributed by atoms with Crippen LogP contribution >= 0.6 is 44.1 Å². The van der Waals surface area contributed by atoms with E-state index >= 15 is 0 Å². The summed E-state index contributed by atoms with van der Waals surface area (Å²) >= 11 is 12.1. The van der Waals surface area contributed by atoms with Crippen LogP contribution in [0.15, 0.2) is 51.4 Å². The number of para-hydroxylation sites is 1. The fraction of sp³-hybridized carbons (Fsp3) is 0.300. The molecule has 0 saturated carbocycles. The molecule has 0 bridgehead atoms. The number of benzene rings is 2. The van der Waals surface area contributed by atoms with Crippen LogP contribution in [0.1, 0.15) is 43.0 Å². The first-order valence-electron chi connectivity index (χ1n) is 8.80. The standard InChI is InChI=1S/C20H22Br2N2O2S/c1-2-3-4-7-12-26-18-11-10-14(13-16(18)22)19(25)24-20(27)23-17-9-6-5-8-15(17)21/h5-6,8-11,13H,2-4,7,12H2,1H3,(H2,23,24,25,27). The van der Waals surface area contributed by atoms with Crippen LogP contribution in [0.5, 0.6) is 5.75 Å². The minimum atomic E-state index is -0.283. The van der Waals surface area contributed by atoms with Gasteiger partial charge in [0.05, 0.1) is 16.8 Å². The van der Waals surface area contributed by atoms with Gasteiger partial charge in [-0.3, -0.25) is 10.1 Å². The van der Waals surface area contributed by atoms with Crippen LogP contribution in [0.25, 0.3) is 0 Å². The number of thiocarbonyl (C=S) groups is 1. The van der Waals surface area contributed by atoms with Gasteiger partial charge in [-0.25, -0.2) is 0 Å². The van der Waals surface area contributed by atoms with Crippen LogP contribution in [0.2, 0.25) is 0 Å². The minimum absolute atomic E-state index is 0.235. The molecule has 4 nitrogen and oxygen atoms in total. The zero-order valence-corrected chi connectivity index (χ0v) is 19.0. The van der Waals surface area contributed by atoms with Gasteiger partial charge in [0.25, 0.3) is 5.91 Å². The van der Waals surface area contributed by atoms with Crippen molar-refractivity contribution < 1.29 is 9.53 Å². The molecule has 7 heteroatoms. The maximum atomic E-state index is 12.4. The van der Waals surface area contributed by atoms with Gasteiger partial charge in [-0.05, 0) is 80.8 Å². The van der Waals surface area contributed by atoms with E-state index in [0.717, 1.165) is 33.2 Å². The lowest BCUT2D eigenvalue weighted by molar-refractivity contribution is 0.0977. The molecule has 2 N–H and O–H groups in total. The van der Waals surface area contributed by atoms with E-state index in [2.05, 4.69) is 49.4 Å². The number of carbonyl (C=O) groups is 1. The molecule has 144 valence electrons. The summed E-state index contributed by atoms with van der Waals surface area (Å²) in [6, 6.07) is 12.8. The first kappa shape index (κ1) is 21.9. The molecule has 0 fully saturated rings. The minimum Gasteiger partial charge on any atom is -0.492 e. The van der Waals surface area contributed by atoms with Crippen LogP contribution < -0.4 is 15.4 Å². The van der Waals surface area contributed by atoms with Crippen molar-refractivity contribution in [2.75, 3.05) is 11.9 Å². The second-order valence-electron chi connectivity index (χ2n) is 5.94. The van der Waals surface area contributed by atoms with Gasteiger partial charge in [-0.1, -0.05) is 38.3 Å². The van der Waals surface area contributed by atoms with Gasteiger partial charge in [0.1, 0.15) is 5.75 Å². The topological polar surface area (TPSA) is 50.4 Å². The summed E-state index contributed by atoms with van der Waals surface area (Å²) in [7, 11) is 0. The van der Waals surface area contributed by atoms with Gasteiger partial charge in [0, 0.05) is 10.0 Å². The van der Waals surface area contributed by atoms with Crippen molar-refractivity contribution in [1.29, 1.82) is 0 Å². The van der Waals surface area contributed by atoms with E-state index < -0.39 is 0 Å². The third-order valence-corrected chi connectivity index (χ3v) is 5.31. The summed E-state index contributed by atoms with van der Waals surface area (Å²) < 4.78 is 7.38. The SMILES string of the molecule is CCCCCCOc1ccc(C(=O)NC(=S)Nc2ccccc2Br)cc1Br. The Morgan fingerprint density at radius 2 is 1.85 bits per heavy atom. The van der Waals surface area contributed by atoms with E-state index in [9.17, 15) is 4.79 Å². The maximum absolute atomic E-state index is 12.4. The molecule has 0 radical (unpaired) electrons. The number of anilines is 1. The summed E-state index contributed by atoms with van der Waals surface area (Å²) in [5.74, 6) is 0.451. The summed E-state index contributed by atoms with van der Waals surface area (Å²) in [5, 5.41) is 5.92. The largest absolute Gasteiger partial charge is 0.492 e. The normalized spacial score (nSPS) is 10.3. The van der Waals surface area contributed by atoms with Crippen molar-refractivity contribution in [3.63, 3.8) is 0 Å². The monoisotopic (exact) mass is 512 g/mol. The second kappa shape index (κ2) is 11.4. The molecule has 0 unspecified atom stereocenters. The second-order valence-corrected chi connectivity index (χ2v) is 8.06. The van der Waals surface area contributed by atoms with Crippen LogP contribution in [0.4, 0.5) is 5.69 Å². The Kier molecular flexibility index (Phi) is 9.24. The van der Waals surface area contributed by atoms with Crippen LogP contribution in [0, 0.1) is 0 Å². The molecule has 2 aromatic rings. The number of nitrogens with one attached hydrogen (secondary N) is 2. The summed E-state index contributed by atoms with van der Waals surface area (Å²) in [5.41, 5.74) is 1.28. The van der Waals surface area contributed by atoms with Gasteiger partial charge in [-0.2, -0.15) is 0 Å². The molecule has 27 heavy (non-hydrogen) atoms. The van der Waals surface area contributed by atoms with Crippen molar-refractivity contribution in [2.45, 2.75) is 32.6 Å². The quantitative estimate of drug-likeness (QED) is 0.321. The maximum Gasteiger partial charge on any atom is 0.257 e. The lowest BCUT2D eigenvalue weighted by Crippen LogP contribution is -2.34. The highest BCUT2D eigenvalue weighted by atomic mass is 79.9. The van der Waals surface area contributed by atoms with Crippen molar-refractivity contribution in [2.24, 2.45) is 0 Å². The Bertz CT molecular complexity index is 799. The van der Waals surface area contributed by atoms with Crippen molar-refractivity contribution in [3.05, 3.63) is 57.0 Å². The van der Waals surface area contributed by atoms with Gasteiger partial charge in [0.15, 0.2) is 5.11 Å². The molecule has 0 aliphatic heterocycles. The molecule has 0 aliphatic carbocycles. The fourth-order valence-corrected chi connectivity index (χ4v) is 3.44. The van der Waals surface area contributed by atoms with Crippen LogP contribution in [0.3, 0.4) is 0 Å². The summed E-state index contributed by atoms with van der Waals surface area (Å²) in [6.45, 7) is 2.85. The number of hydrogen-bond acceptors (Lipinski definition) is 3. The molecular formula is C20H22Br2N2O2S. The fourth-order valence-electron chi connectivity index (χ4n) is 2.36. The zero-order valence-electron chi connectivity index (χ0n) is 15.1. The van der Waals surface area contributed by atoms with Crippen molar-refractivity contribution in [3.8, 4) is 5.75 Å². The lowest BCUT2D eigenvalue weighted by atomic mass is 10.2. The highest BCUT2D eigenvalue weighted by Crippen LogP contribution is 2.26. The Hall–Kier alpha value is -1.44. The number of amides is 1.